The minimum Gasteiger partial charge on any atom is -0.493 e. The number of ether oxygens (including phenoxy) is 3. The summed E-state index contributed by atoms with van der Waals surface area (Å²) in [6.07, 6.45) is 5.72. The second kappa shape index (κ2) is 12.4. The normalized spacial score (nSPS) is 11.4. The standard InChI is InChI=1S/C39H36N4O3/c1-5-44-36-15-10-16-37(45-6-2)39(36)28-24-41-42(25-28)29-11-9-12-30(22-29)46-31-17-18-33-32-13-7-8-14-34(32)43(35(33)23-31)38-21-27(26(3)4)19-20-40-38/h7-26H,5-6H2,1-4H3. The van der Waals surface area contributed by atoms with Crippen molar-refractivity contribution in [1.29, 1.82) is 0 Å². The number of nitrogens with zero attached hydrogens (tertiary/aromatic N) is 4. The fraction of sp³-hybridized carbons (Fsp3) is 0.179. The lowest BCUT2D eigenvalue weighted by molar-refractivity contribution is 0.326. The van der Waals surface area contributed by atoms with Crippen LogP contribution in [-0.4, -0.2) is 32.5 Å². The lowest BCUT2D eigenvalue weighted by Gasteiger charge is -2.14. The average Bonchev–Trinajstić information content (AvgIpc) is 3.69. The van der Waals surface area contributed by atoms with Crippen LogP contribution >= 0.6 is 0 Å². The Bertz CT molecular complexity index is 2140. The van der Waals surface area contributed by atoms with E-state index in [1.165, 1.54) is 10.9 Å². The second-order valence-corrected chi connectivity index (χ2v) is 11.4. The summed E-state index contributed by atoms with van der Waals surface area (Å²) in [4.78, 5) is 4.78. The highest BCUT2D eigenvalue weighted by atomic mass is 16.5. The zero-order valence-electron chi connectivity index (χ0n) is 26.5. The summed E-state index contributed by atoms with van der Waals surface area (Å²) < 4.78 is 22.4. The van der Waals surface area contributed by atoms with Gasteiger partial charge in [0.15, 0.2) is 0 Å². The van der Waals surface area contributed by atoms with Crippen molar-refractivity contribution in [1.82, 2.24) is 19.3 Å². The molecule has 0 spiro atoms. The maximum absolute atomic E-state index is 6.48. The highest BCUT2D eigenvalue weighted by Crippen LogP contribution is 2.39. The predicted molar refractivity (Wildman–Crippen MR) is 184 cm³/mol. The molecule has 7 rings (SSSR count). The van der Waals surface area contributed by atoms with E-state index in [0.29, 0.717) is 24.9 Å². The Balaban J connectivity index is 1.24. The molecule has 0 N–H and O–H groups in total. The van der Waals surface area contributed by atoms with Crippen LogP contribution < -0.4 is 14.2 Å². The Morgan fingerprint density at radius 3 is 2.24 bits per heavy atom. The first-order valence-electron chi connectivity index (χ1n) is 15.8. The van der Waals surface area contributed by atoms with Gasteiger partial charge in [0.05, 0.1) is 41.7 Å². The van der Waals surface area contributed by atoms with Crippen LogP contribution in [0.3, 0.4) is 0 Å². The first-order chi connectivity index (χ1) is 22.5. The maximum Gasteiger partial charge on any atom is 0.137 e. The molecule has 0 atom stereocenters. The van der Waals surface area contributed by atoms with Crippen molar-refractivity contribution in [2.24, 2.45) is 0 Å². The van der Waals surface area contributed by atoms with Gasteiger partial charge in [0, 0.05) is 40.9 Å². The number of rotatable bonds is 10. The summed E-state index contributed by atoms with van der Waals surface area (Å²) in [6, 6.07) is 32.8. The fourth-order valence-corrected chi connectivity index (χ4v) is 5.94. The van der Waals surface area contributed by atoms with E-state index in [-0.39, 0.29) is 0 Å². The Morgan fingerprint density at radius 2 is 1.46 bits per heavy atom. The van der Waals surface area contributed by atoms with E-state index in [4.69, 9.17) is 19.2 Å². The van der Waals surface area contributed by atoms with Gasteiger partial charge in [0.2, 0.25) is 0 Å². The third-order valence-electron chi connectivity index (χ3n) is 8.09. The van der Waals surface area contributed by atoms with E-state index in [1.54, 1.807) is 0 Å². The zero-order valence-corrected chi connectivity index (χ0v) is 26.5. The molecular formula is C39H36N4O3. The lowest BCUT2D eigenvalue weighted by Crippen LogP contribution is -1.99. The van der Waals surface area contributed by atoms with E-state index >= 15 is 0 Å². The van der Waals surface area contributed by atoms with Crippen LogP contribution in [0.5, 0.6) is 23.0 Å². The molecule has 0 aliphatic carbocycles. The summed E-state index contributed by atoms with van der Waals surface area (Å²) in [5.74, 6) is 4.28. The first kappa shape index (κ1) is 29.2. The monoisotopic (exact) mass is 608 g/mol. The Kier molecular flexibility index (Phi) is 7.89. The van der Waals surface area contributed by atoms with Gasteiger partial charge in [-0.2, -0.15) is 5.10 Å². The molecule has 3 heterocycles. The molecule has 4 aromatic carbocycles. The Morgan fingerprint density at radius 1 is 0.717 bits per heavy atom. The van der Waals surface area contributed by atoms with Crippen molar-refractivity contribution >= 4 is 21.8 Å². The predicted octanol–water partition coefficient (Wildman–Crippen LogP) is 9.74. The number of pyridine rings is 1. The third kappa shape index (κ3) is 5.45. The smallest absolute Gasteiger partial charge is 0.137 e. The lowest BCUT2D eigenvalue weighted by atomic mass is 10.1. The van der Waals surface area contributed by atoms with Crippen LogP contribution in [0.15, 0.2) is 116 Å². The van der Waals surface area contributed by atoms with Crippen LogP contribution in [-0.2, 0) is 0 Å². The highest BCUT2D eigenvalue weighted by molar-refractivity contribution is 6.09. The molecule has 0 saturated heterocycles. The van der Waals surface area contributed by atoms with Gasteiger partial charge in [-0.05, 0) is 79.9 Å². The number of aromatic nitrogens is 4. The van der Waals surface area contributed by atoms with Gasteiger partial charge in [-0.1, -0.05) is 44.2 Å². The van der Waals surface area contributed by atoms with Gasteiger partial charge in [0.25, 0.3) is 0 Å². The van der Waals surface area contributed by atoms with Crippen molar-refractivity contribution in [3.8, 4) is 45.6 Å². The minimum atomic E-state index is 0.401. The van der Waals surface area contributed by atoms with Crippen LogP contribution in [0.1, 0.15) is 39.2 Å². The van der Waals surface area contributed by atoms with Crippen LogP contribution in [0.4, 0.5) is 0 Å². The number of hydrogen-bond acceptors (Lipinski definition) is 5. The molecule has 0 bridgehead atoms. The molecule has 0 amide bonds. The third-order valence-corrected chi connectivity index (χ3v) is 8.09. The molecule has 0 aliphatic heterocycles. The van der Waals surface area contributed by atoms with Gasteiger partial charge >= 0.3 is 0 Å². The number of benzene rings is 4. The molecule has 0 fully saturated rings. The quantitative estimate of drug-likeness (QED) is 0.155. The van der Waals surface area contributed by atoms with Crippen molar-refractivity contribution < 1.29 is 14.2 Å². The zero-order chi connectivity index (χ0) is 31.6. The molecule has 7 heteroatoms. The summed E-state index contributed by atoms with van der Waals surface area (Å²) >= 11 is 0. The van der Waals surface area contributed by atoms with Gasteiger partial charge in [-0.25, -0.2) is 9.67 Å². The van der Waals surface area contributed by atoms with E-state index in [0.717, 1.165) is 56.3 Å². The SMILES string of the molecule is CCOc1cccc(OCC)c1-c1cnn(-c2cccc(Oc3ccc4c5ccccc5n(-c5cc(C(C)C)ccn5)c4c3)c2)c1. The van der Waals surface area contributed by atoms with Gasteiger partial charge < -0.3 is 14.2 Å². The van der Waals surface area contributed by atoms with E-state index in [9.17, 15) is 0 Å². The van der Waals surface area contributed by atoms with Crippen molar-refractivity contribution in [2.75, 3.05) is 13.2 Å². The summed E-state index contributed by atoms with van der Waals surface area (Å²) in [5, 5.41) is 7.01. The maximum atomic E-state index is 6.48. The summed E-state index contributed by atoms with van der Waals surface area (Å²) in [5.41, 5.74) is 6.07. The first-order valence-corrected chi connectivity index (χ1v) is 15.8. The number of fused-ring (bicyclic) bond motifs is 3. The molecule has 7 aromatic rings. The Hall–Kier alpha value is -5.56. The van der Waals surface area contributed by atoms with Crippen LogP contribution in [0.2, 0.25) is 0 Å². The second-order valence-electron chi connectivity index (χ2n) is 11.4. The molecule has 3 aromatic heterocycles. The average molecular weight is 609 g/mol. The van der Waals surface area contributed by atoms with Gasteiger partial charge in [0.1, 0.15) is 28.8 Å². The van der Waals surface area contributed by atoms with E-state index < -0.39 is 0 Å². The Labute approximate surface area is 268 Å². The largest absolute Gasteiger partial charge is 0.493 e. The molecule has 46 heavy (non-hydrogen) atoms. The molecule has 0 aliphatic rings. The molecule has 7 nitrogen and oxygen atoms in total. The molecular weight excluding hydrogens is 572 g/mol. The van der Waals surface area contributed by atoms with Crippen LogP contribution in [0, 0.1) is 0 Å². The summed E-state index contributed by atoms with van der Waals surface area (Å²) in [7, 11) is 0. The topological polar surface area (TPSA) is 63.3 Å². The van der Waals surface area contributed by atoms with Gasteiger partial charge in [-0.15, -0.1) is 0 Å². The highest BCUT2D eigenvalue weighted by Gasteiger charge is 2.17. The summed E-state index contributed by atoms with van der Waals surface area (Å²) in [6.45, 7) is 9.47. The number of para-hydroxylation sites is 1. The van der Waals surface area contributed by atoms with Crippen molar-refractivity contribution in [3.63, 3.8) is 0 Å². The number of hydrogen-bond donors (Lipinski definition) is 0. The van der Waals surface area contributed by atoms with E-state index in [2.05, 4.69) is 72.0 Å². The van der Waals surface area contributed by atoms with Crippen LogP contribution in [0.25, 0.3) is 44.4 Å². The minimum absolute atomic E-state index is 0.401. The van der Waals surface area contributed by atoms with Crippen molar-refractivity contribution in [3.05, 3.63) is 121 Å². The molecule has 230 valence electrons. The van der Waals surface area contributed by atoms with Gasteiger partial charge in [-0.3, -0.25) is 4.57 Å². The molecule has 0 unspecified atom stereocenters. The molecule has 0 radical (unpaired) electrons. The molecule has 0 saturated carbocycles. The van der Waals surface area contributed by atoms with Crippen molar-refractivity contribution in [2.45, 2.75) is 33.6 Å². The van der Waals surface area contributed by atoms with E-state index in [1.807, 2.05) is 85.7 Å². The fourth-order valence-electron chi connectivity index (χ4n) is 5.94.